The van der Waals surface area contributed by atoms with E-state index in [0.717, 1.165) is 0 Å². The Balaban J connectivity index is 0. The van der Waals surface area contributed by atoms with Crippen LogP contribution in [0.1, 0.15) is 1.43 Å². The van der Waals surface area contributed by atoms with Gasteiger partial charge in [0.25, 0.3) is 0 Å². The maximum atomic E-state index is 10.3. The molecule has 0 aliphatic rings. The molecule has 0 saturated heterocycles. The van der Waals surface area contributed by atoms with E-state index in [0.29, 0.717) is 0 Å². The van der Waals surface area contributed by atoms with Crippen molar-refractivity contribution in [2.24, 2.45) is 7.05 Å². The third-order valence-electron chi connectivity index (χ3n) is 1.10. The van der Waals surface area contributed by atoms with Gasteiger partial charge in [-0.25, -0.2) is 4.57 Å². The number of nitrogens with two attached hydrogens (primary N) is 1. The molecule has 0 aliphatic heterocycles. The molecule has 0 spiro atoms. The smallest absolute Gasteiger partial charge is 1.00 e. The Morgan fingerprint density at radius 2 is 2.31 bits per heavy atom. The Bertz CT molecular complexity index is 320. The zero-order valence-electron chi connectivity index (χ0n) is 8.21. The number of nitrogens with zero attached hydrogens (tertiary/aromatic N) is 2. The molecule has 9 heteroatoms. The van der Waals surface area contributed by atoms with Crippen LogP contribution in [-0.4, -0.2) is 19.3 Å². The van der Waals surface area contributed by atoms with Gasteiger partial charge in [-0.1, -0.05) is 0 Å². The normalized spacial score (nSPS) is 10.7. The molecule has 4 N–H and O–H groups in total. The Labute approximate surface area is 97.9 Å². The maximum Gasteiger partial charge on any atom is 1.00 e. The van der Waals surface area contributed by atoms with Crippen LogP contribution in [-0.2, 0) is 11.6 Å². The molecule has 13 heavy (non-hydrogen) atoms. The number of nitrogen functional groups attached to an aromatic ring is 1. The molecule has 0 radical (unpaired) electrons. The van der Waals surface area contributed by atoms with Gasteiger partial charge in [0, 0.05) is 7.05 Å². The van der Waals surface area contributed by atoms with Crippen LogP contribution in [0.5, 0.6) is 5.88 Å². The van der Waals surface area contributed by atoms with Crippen LogP contribution in [0.3, 0.4) is 0 Å². The Hall–Kier alpha value is -0.0400. The molecule has 1 aromatic heterocycles. The second-order valence-electron chi connectivity index (χ2n) is 2.13. The van der Waals surface area contributed by atoms with E-state index in [1.165, 1.54) is 10.8 Å². The predicted molar refractivity (Wildman–Crippen MR) is 41.4 cm³/mol. The standard InChI is InChI=1S/C4H8N3O4P.Na.H/c1-7-2-3(6-4(7)5)11-12(8,9)10;;/h2H,1H3,(H2,5,6)(H2,8,9,10);;/q;+1;-1. The van der Waals surface area contributed by atoms with Crippen molar-refractivity contribution in [3.8, 4) is 5.88 Å². The van der Waals surface area contributed by atoms with Gasteiger partial charge in [0.15, 0.2) is 0 Å². The summed E-state index contributed by atoms with van der Waals surface area (Å²) in [6.07, 6.45) is 1.27. The van der Waals surface area contributed by atoms with Gasteiger partial charge in [0.2, 0.25) is 11.8 Å². The zero-order valence-corrected chi connectivity index (χ0v) is 10.1. The summed E-state index contributed by atoms with van der Waals surface area (Å²) in [6, 6.07) is 0. The predicted octanol–water partition coefficient (Wildman–Crippen LogP) is -3.41. The molecule has 0 bridgehead atoms. The van der Waals surface area contributed by atoms with Crippen LogP contribution in [0.15, 0.2) is 6.20 Å². The van der Waals surface area contributed by atoms with Gasteiger partial charge in [-0.15, -0.1) is 0 Å². The second-order valence-corrected chi connectivity index (χ2v) is 3.29. The number of hydrogen-bond acceptors (Lipinski definition) is 4. The first-order valence-electron chi connectivity index (χ1n) is 2.92. The van der Waals surface area contributed by atoms with Crippen molar-refractivity contribution in [1.82, 2.24) is 9.55 Å². The third kappa shape index (κ3) is 4.12. The summed E-state index contributed by atoms with van der Waals surface area (Å²) >= 11 is 0. The number of imidazole rings is 1. The van der Waals surface area contributed by atoms with Crippen LogP contribution in [0.4, 0.5) is 5.95 Å². The van der Waals surface area contributed by atoms with Gasteiger partial charge in [0.05, 0.1) is 6.20 Å². The fourth-order valence-electron chi connectivity index (χ4n) is 0.618. The molecule has 0 saturated carbocycles. The SMILES string of the molecule is Cn1cc(OP(=O)(O)O)nc1N.[H-].[Na+]. The molecule has 0 aliphatic carbocycles. The quantitative estimate of drug-likeness (QED) is 0.351. The van der Waals surface area contributed by atoms with E-state index in [-0.39, 0.29) is 42.8 Å². The first kappa shape index (κ1) is 13.0. The van der Waals surface area contributed by atoms with E-state index in [1.54, 1.807) is 7.05 Å². The minimum absolute atomic E-state index is 0. The Kier molecular flexibility index (Phi) is 4.44. The number of rotatable bonds is 2. The summed E-state index contributed by atoms with van der Waals surface area (Å²) in [5.41, 5.74) is 5.28. The number of phosphoric acid groups is 1. The van der Waals surface area contributed by atoms with Crippen LogP contribution in [0, 0.1) is 0 Å². The summed E-state index contributed by atoms with van der Waals surface area (Å²) in [4.78, 5) is 20.3. The summed E-state index contributed by atoms with van der Waals surface area (Å²) in [5, 5.41) is 0. The number of aromatic nitrogens is 2. The molecule has 1 aromatic rings. The van der Waals surface area contributed by atoms with Crippen LogP contribution >= 0.6 is 7.82 Å². The molecule has 0 fully saturated rings. The van der Waals surface area contributed by atoms with Crippen molar-refractivity contribution >= 4 is 13.8 Å². The molecule has 7 nitrogen and oxygen atoms in total. The van der Waals surface area contributed by atoms with E-state index in [4.69, 9.17) is 15.5 Å². The summed E-state index contributed by atoms with van der Waals surface area (Å²) in [5.74, 6) is -0.0678. The third-order valence-corrected chi connectivity index (χ3v) is 1.53. The van der Waals surface area contributed by atoms with Crippen molar-refractivity contribution in [2.75, 3.05) is 5.73 Å². The van der Waals surface area contributed by atoms with E-state index >= 15 is 0 Å². The fourth-order valence-corrected chi connectivity index (χ4v) is 0.950. The molecule has 0 aromatic carbocycles. The molecule has 0 amide bonds. The van der Waals surface area contributed by atoms with Gasteiger partial charge in [-0.2, -0.15) is 4.98 Å². The van der Waals surface area contributed by atoms with E-state index in [2.05, 4.69) is 9.51 Å². The van der Waals surface area contributed by atoms with Gasteiger partial charge in [0.1, 0.15) is 0 Å². The van der Waals surface area contributed by atoms with Crippen LogP contribution in [0.25, 0.3) is 0 Å². The van der Waals surface area contributed by atoms with Crippen molar-refractivity contribution < 1.29 is 49.9 Å². The van der Waals surface area contributed by atoms with Crippen molar-refractivity contribution in [2.45, 2.75) is 0 Å². The maximum absolute atomic E-state index is 10.3. The first-order chi connectivity index (χ1) is 5.38. The minimum Gasteiger partial charge on any atom is -1.00 e. The van der Waals surface area contributed by atoms with Gasteiger partial charge in [-0.05, 0) is 0 Å². The van der Waals surface area contributed by atoms with Crippen molar-refractivity contribution in [3.63, 3.8) is 0 Å². The van der Waals surface area contributed by atoms with Gasteiger partial charge in [-0.3, -0.25) is 9.79 Å². The average molecular weight is 217 g/mol. The van der Waals surface area contributed by atoms with E-state index in [9.17, 15) is 4.57 Å². The van der Waals surface area contributed by atoms with Gasteiger partial charge < -0.3 is 16.3 Å². The zero-order chi connectivity index (χ0) is 9.35. The summed E-state index contributed by atoms with van der Waals surface area (Å²) < 4.78 is 15.8. The number of anilines is 1. The molecular weight excluding hydrogens is 208 g/mol. The van der Waals surface area contributed by atoms with Crippen molar-refractivity contribution in [1.29, 1.82) is 0 Å². The molecule has 0 atom stereocenters. The molecule has 1 heterocycles. The largest absolute Gasteiger partial charge is 1.00 e. The minimum atomic E-state index is -4.53. The average Bonchev–Trinajstić information content (AvgIpc) is 2.07. The topological polar surface area (TPSA) is 111 Å². The first-order valence-corrected chi connectivity index (χ1v) is 4.45. The molecule has 70 valence electrons. The van der Waals surface area contributed by atoms with Crippen LogP contribution in [0.2, 0.25) is 0 Å². The number of hydrogen-bond donors (Lipinski definition) is 3. The second kappa shape index (κ2) is 4.45. The molecule has 0 unspecified atom stereocenters. The number of phosphoric ester groups is 1. The Morgan fingerprint density at radius 3 is 2.62 bits per heavy atom. The van der Waals surface area contributed by atoms with Gasteiger partial charge >= 0.3 is 37.4 Å². The molecule has 1 rings (SSSR count). The van der Waals surface area contributed by atoms with Crippen LogP contribution < -0.4 is 39.8 Å². The summed E-state index contributed by atoms with van der Waals surface area (Å²) in [7, 11) is -2.95. The van der Waals surface area contributed by atoms with Crippen molar-refractivity contribution in [3.05, 3.63) is 6.20 Å². The van der Waals surface area contributed by atoms with E-state index in [1.807, 2.05) is 0 Å². The summed E-state index contributed by atoms with van der Waals surface area (Å²) in [6.45, 7) is 0. The monoisotopic (exact) mass is 217 g/mol. The number of aryl methyl sites for hydroxylation is 1. The molecular formula is C4H9N3NaO4P. The Morgan fingerprint density at radius 1 is 1.77 bits per heavy atom. The fraction of sp³-hybridized carbons (Fsp3) is 0.250. The van der Waals surface area contributed by atoms with E-state index < -0.39 is 7.82 Å².